The molecule has 3 atom stereocenters. The number of Topliss-reactive ketones (excluding diaryl/α,β-unsaturated/α-hetero) is 1. The van der Waals surface area contributed by atoms with Gasteiger partial charge >= 0.3 is 5.97 Å². The van der Waals surface area contributed by atoms with E-state index in [9.17, 15) is 14.7 Å². The minimum atomic E-state index is -1.99. The van der Waals surface area contributed by atoms with Crippen LogP contribution in [0, 0.1) is 0 Å². The van der Waals surface area contributed by atoms with E-state index in [-0.39, 0.29) is 12.2 Å². The fraction of sp³-hybridized carbons (Fsp3) is 0.200. The normalized spacial score (nSPS) is 22.9. The zero-order chi connectivity index (χ0) is 22.0. The fourth-order valence-electron chi connectivity index (χ4n) is 4.32. The number of hydrogen-bond donors (Lipinski definition) is 1. The number of ether oxygens (including phenoxy) is 1. The van der Waals surface area contributed by atoms with Crippen LogP contribution in [0.2, 0.25) is 0 Å². The van der Waals surface area contributed by atoms with Gasteiger partial charge < -0.3 is 14.7 Å². The number of carbonyl (C=O) groups is 2. The second-order valence-electron chi connectivity index (χ2n) is 7.55. The number of anilines is 1. The molecule has 1 fully saturated rings. The van der Waals surface area contributed by atoms with Gasteiger partial charge in [0.25, 0.3) is 0 Å². The maximum atomic E-state index is 13.8. The molecule has 31 heavy (non-hydrogen) atoms. The second kappa shape index (κ2) is 8.65. The molecule has 0 amide bonds. The second-order valence-corrected chi connectivity index (χ2v) is 8.47. The Labute approximate surface area is 189 Å². The lowest BCUT2D eigenvalue weighted by atomic mass is 9.86. The number of hydrogen-bond acceptors (Lipinski definition) is 5. The molecular formula is C25H22BrNO4. The van der Waals surface area contributed by atoms with Crippen LogP contribution in [-0.2, 0) is 9.53 Å². The van der Waals surface area contributed by atoms with Crippen LogP contribution in [0.4, 0.5) is 5.69 Å². The molecule has 1 heterocycles. The van der Waals surface area contributed by atoms with Crippen molar-refractivity contribution in [1.29, 1.82) is 0 Å². The predicted molar refractivity (Wildman–Crippen MR) is 122 cm³/mol. The summed E-state index contributed by atoms with van der Waals surface area (Å²) in [5.74, 6) is -1.38. The average Bonchev–Trinajstić information content (AvgIpc) is 3.14. The van der Waals surface area contributed by atoms with E-state index in [0.29, 0.717) is 11.3 Å². The number of rotatable bonds is 5. The fourth-order valence-corrected chi connectivity index (χ4v) is 4.59. The van der Waals surface area contributed by atoms with Crippen molar-refractivity contribution in [1.82, 2.24) is 0 Å². The summed E-state index contributed by atoms with van der Waals surface area (Å²) in [5.41, 5.74) is -0.0368. The van der Waals surface area contributed by atoms with Crippen molar-refractivity contribution in [3.8, 4) is 0 Å². The molecule has 0 aromatic heterocycles. The smallest absolute Gasteiger partial charge is 0.359 e. The third-order valence-corrected chi connectivity index (χ3v) is 6.26. The van der Waals surface area contributed by atoms with Crippen LogP contribution in [-0.4, -0.2) is 35.7 Å². The summed E-state index contributed by atoms with van der Waals surface area (Å²) in [6.45, 7) is 0. The number of carbonyl (C=O) groups excluding carboxylic acids is 2. The average molecular weight is 480 g/mol. The minimum absolute atomic E-state index is 0.0307. The van der Waals surface area contributed by atoms with Gasteiger partial charge in [-0.25, -0.2) is 4.79 Å². The highest BCUT2D eigenvalue weighted by molar-refractivity contribution is 9.10. The van der Waals surface area contributed by atoms with Crippen molar-refractivity contribution in [2.24, 2.45) is 0 Å². The van der Waals surface area contributed by atoms with Crippen molar-refractivity contribution in [3.63, 3.8) is 0 Å². The van der Waals surface area contributed by atoms with E-state index >= 15 is 0 Å². The van der Waals surface area contributed by atoms with Gasteiger partial charge in [0.1, 0.15) is 6.04 Å². The van der Waals surface area contributed by atoms with Gasteiger partial charge in [0.15, 0.2) is 5.78 Å². The molecule has 0 aliphatic carbocycles. The number of methoxy groups -OCH3 is 1. The molecule has 1 saturated heterocycles. The van der Waals surface area contributed by atoms with Gasteiger partial charge in [-0.05, 0) is 29.8 Å². The first-order valence-corrected chi connectivity index (χ1v) is 10.7. The van der Waals surface area contributed by atoms with E-state index < -0.39 is 23.7 Å². The largest absolute Gasteiger partial charge is 0.465 e. The highest BCUT2D eigenvalue weighted by atomic mass is 79.9. The van der Waals surface area contributed by atoms with Crippen molar-refractivity contribution in [3.05, 3.63) is 101 Å². The molecule has 3 aromatic carbocycles. The van der Waals surface area contributed by atoms with Crippen LogP contribution >= 0.6 is 15.9 Å². The SMILES string of the molecule is COC(=O)[C@@]1(O)C[C@@H](c2ccccc2)[C@H](C(=O)c2ccccc2)N1c1ccc(Br)cc1. The molecule has 4 rings (SSSR count). The Kier molecular flexibility index (Phi) is 5.94. The van der Waals surface area contributed by atoms with E-state index in [0.717, 1.165) is 10.0 Å². The van der Waals surface area contributed by atoms with Gasteiger partial charge in [-0.2, -0.15) is 0 Å². The summed E-state index contributed by atoms with van der Waals surface area (Å²) in [7, 11) is 1.24. The van der Waals surface area contributed by atoms with E-state index in [4.69, 9.17) is 4.74 Å². The van der Waals surface area contributed by atoms with Crippen LogP contribution in [0.5, 0.6) is 0 Å². The Balaban J connectivity index is 1.91. The van der Waals surface area contributed by atoms with Gasteiger partial charge in [0.05, 0.1) is 7.11 Å². The van der Waals surface area contributed by atoms with Crippen molar-refractivity contribution in [2.75, 3.05) is 12.0 Å². The predicted octanol–water partition coefficient (Wildman–Crippen LogP) is 4.56. The molecule has 0 radical (unpaired) electrons. The molecule has 1 aliphatic heterocycles. The minimum Gasteiger partial charge on any atom is -0.465 e. The highest BCUT2D eigenvalue weighted by Crippen LogP contribution is 2.47. The summed E-state index contributed by atoms with van der Waals surface area (Å²) >= 11 is 3.41. The Morgan fingerprint density at radius 3 is 2.13 bits per heavy atom. The summed E-state index contributed by atoms with van der Waals surface area (Å²) in [4.78, 5) is 28.1. The zero-order valence-corrected chi connectivity index (χ0v) is 18.5. The van der Waals surface area contributed by atoms with E-state index in [1.54, 1.807) is 36.4 Å². The van der Waals surface area contributed by atoms with Gasteiger partial charge in [-0.3, -0.25) is 4.79 Å². The molecule has 0 spiro atoms. The number of benzene rings is 3. The Morgan fingerprint density at radius 1 is 0.968 bits per heavy atom. The molecule has 5 nitrogen and oxygen atoms in total. The maximum Gasteiger partial charge on any atom is 0.359 e. The number of aliphatic hydroxyl groups is 1. The molecule has 3 aromatic rings. The van der Waals surface area contributed by atoms with Crippen LogP contribution in [0.25, 0.3) is 0 Å². The van der Waals surface area contributed by atoms with Crippen molar-refractivity contribution < 1.29 is 19.4 Å². The molecule has 0 unspecified atom stereocenters. The van der Waals surface area contributed by atoms with Crippen molar-refractivity contribution in [2.45, 2.75) is 24.1 Å². The first-order chi connectivity index (χ1) is 15.0. The molecule has 0 bridgehead atoms. The Hall–Kier alpha value is -2.96. The van der Waals surface area contributed by atoms with Gasteiger partial charge in [0, 0.05) is 28.1 Å². The number of ketones is 1. The quantitative estimate of drug-likeness (QED) is 0.429. The molecule has 158 valence electrons. The number of halogens is 1. The van der Waals surface area contributed by atoms with Crippen molar-refractivity contribution >= 4 is 33.4 Å². The van der Waals surface area contributed by atoms with Crippen LogP contribution in [0.1, 0.15) is 28.3 Å². The standard InChI is InChI=1S/C25H22BrNO4/c1-31-24(29)25(30)16-21(17-8-4-2-5-9-17)22(23(28)18-10-6-3-7-11-18)27(25)20-14-12-19(26)13-15-20/h2-15,21-22,30H,16H2,1H3/t21-,22+,25-/m0/s1. The molecule has 1 N–H and O–H groups in total. The maximum absolute atomic E-state index is 13.8. The lowest BCUT2D eigenvalue weighted by molar-refractivity contribution is -0.161. The lowest BCUT2D eigenvalue weighted by Gasteiger charge is -2.36. The Morgan fingerprint density at radius 2 is 1.55 bits per heavy atom. The molecule has 1 aliphatic rings. The molecular weight excluding hydrogens is 458 g/mol. The van der Waals surface area contributed by atoms with Crippen LogP contribution < -0.4 is 4.90 Å². The van der Waals surface area contributed by atoms with E-state index in [2.05, 4.69) is 15.9 Å². The lowest BCUT2D eigenvalue weighted by Crippen LogP contribution is -2.55. The van der Waals surface area contributed by atoms with Crippen LogP contribution in [0.3, 0.4) is 0 Å². The van der Waals surface area contributed by atoms with Gasteiger partial charge in [0.2, 0.25) is 5.72 Å². The zero-order valence-electron chi connectivity index (χ0n) is 16.9. The summed E-state index contributed by atoms with van der Waals surface area (Å²) in [5, 5.41) is 11.6. The third-order valence-electron chi connectivity index (χ3n) is 5.73. The van der Waals surface area contributed by atoms with Gasteiger partial charge in [-0.1, -0.05) is 76.6 Å². The summed E-state index contributed by atoms with van der Waals surface area (Å²) in [6, 6.07) is 24.8. The molecule has 6 heteroatoms. The first kappa shape index (κ1) is 21.3. The monoisotopic (exact) mass is 479 g/mol. The van der Waals surface area contributed by atoms with Crippen LogP contribution in [0.15, 0.2) is 89.4 Å². The summed E-state index contributed by atoms with van der Waals surface area (Å²) in [6.07, 6.45) is 0.0307. The number of nitrogens with zero attached hydrogens (tertiary/aromatic N) is 1. The van der Waals surface area contributed by atoms with E-state index in [1.807, 2.05) is 48.5 Å². The number of esters is 1. The third kappa shape index (κ3) is 3.89. The molecule has 0 saturated carbocycles. The summed E-state index contributed by atoms with van der Waals surface area (Å²) < 4.78 is 5.83. The Bertz CT molecular complexity index is 1070. The van der Waals surface area contributed by atoms with E-state index in [1.165, 1.54) is 12.0 Å². The highest BCUT2D eigenvalue weighted by Gasteiger charge is 2.59. The van der Waals surface area contributed by atoms with Gasteiger partial charge in [-0.15, -0.1) is 0 Å². The first-order valence-electron chi connectivity index (χ1n) is 9.95. The topological polar surface area (TPSA) is 66.8 Å².